The standard InChI is InChI=1S/C12H11F3O4/c13-12(14,15)8-3-2-7(6-9(16)17)10-11(8)19-5-1-4-18-10/h2-3H,1,4-6H2,(H,16,17). The van der Waals surface area contributed by atoms with Crippen molar-refractivity contribution in [1.29, 1.82) is 0 Å². The SMILES string of the molecule is O=C(O)Cc1ccc(C(F)(F)F)c2c1OCCCO2. The van der Waals surface area contributed by atoms with E-state index in [0.717, 1.165) is 12.1 Å². The molecule has 0 aromatic heterocycles. The maximum atomic E-state index is 12.9. The smallest absolute Gasteiger partial charge is 0.420 e. The van der Waals surface area contributed by atoms with Gasteiger partial charge < -0.3 is 14.6 Å². The maximum absolute atomic E-state index is 12.9. The first kappa shape index (κ1) is 13.5. The molecule has 0 bridgehead atoms. The summed E-state index contributed by atoms with van der Waals surface area (Å²) in [7, 11) is 0. The van der Waals surface area contributed by atoms with E-state index in [4.69, 9.17) is 14.6 Å². The molecule has 0 amide bonds. The normalized spacial score (nSPS) is 14.9. The van der Waals surface area contributed by atoms with Crippen molar-refractivity contribution < 1.29 is 32.5 Å². The van der Waals surface area contributed by atoms with Gasteiger partial charge >= 0.3 is 12.1 Å². The van der Waals surface area contributed by atoms with Crippen LogP contribution in [0, 0.1) is 0 Å². The summed E-state index contributed by atoms with van der Waals surface area (Å²) in [5.41, 5.74) is -0.768. The van der Waals surface area contributed by atoms with Crippen LogP contribution in [0.15, 0.2) is 12.1 Å². The molecule has 1 heterocycles. The van der Waals surface area contributed by atoms with E-state index in [0.29, 0.717) is 6.42 Å². The number of aliphatic carboxylic acids is 1. The van der Waals surface area contributed by atoms with E-state index in [1.165, 1.54) is 0 Å². The van der Waals surface area contributed by atoms with Gasteiger partial charge in [0, 0.05) is 12.0 Å². The van der Waals surface area contributed by atoms with Crippen molar-refractivity contribution in [1.82, 2.24) is 0 Å². The van der Waals surface area contributed by atoms with Crippen LogP contribution < -0.4 is 9.47 Å². The monoisotopic (exact) mass is 276 g/mol. The van der Waals surface area contributed by atoms with Crippen molar-refractivity contribution in [3.8, 4) is 11.5 Å². The molecule has 0 spiro atoms. The molecule has 1 N–H and O–H groups in total. The van der Waals surface area contributed by atoms with Gasteiger partial charge in [-0.3, -0.25) is 4.79 Å². The number of benzene rings is 1. The number of fused-ring (bicyclic) bond motifs is 1. The topological polar surface area (TPSA) is 55.8 Å². The van der Waals surface area contributed by atoms with Gasteiger partial charge in [0.25, 0.3) is 0 Å². The number of carboxylic acid groups (broad SMARTS) is 1. The fourth-order valence-corrected chi connectivity index (χ4v) is 1.84. The van der Waals surface area contributed by atoms with E-state index in [2.05, 4.69) is 0 Å². The van der Waals surface area contributed by atoms with Gasteiger partial charge in [-0.2, -0.15) is 13.2 Å². The fraction of sp³-hybridized carbons (Fsp3) is 0.417. The van der Waals surface area contributed by atoms with Gasteiger partial charge in [0.1, 0.15) is 5.56 Å². The second-order valence-corrected chi connectivity index (χ2v) is 4.05. The molecule has 0 aliphatic carbocycles. The average molecular weight is 276 g/mol. The molecule has 0 radical (unpaired) electrons. The van der Waals surface area contributed by atoms with Gasteiger partial charge in [-0.15, -0.1) is 0 Å². The highest BCUT2D eigenvalue weighted by Crippen LogP contribution is 2.44. The molecular weight excluding hydrogens is 265 g/mol. The highest BCUT2D eigenvalue weighted by Gasteiger charge is 2.37. The molecule has 0 unspecified atom stereocenters. The van der Waals surface area contributed by atoms with Gasteiger partial charge in [-0.1, -0.05) is 6.07 Å². The first-order chi connectivity index (χ1) is 8.89. The molecule has 0 saturated carbocycles. The third-order valence-electron chi connectivity index (χ3n) is 2.62. The first-order valence-corrected chi connectivity index (χ1v) is 5.60. The Hall–Kier alpha value is -1.92. The summed E-state index contributed by atoms with van der Waals surface area (Å²) in [6.07, 6.45) is -4.54. The Balaban J connectivity index is 2.54. The second kappa shape index (κ2) is 4.99. The second-order valence-electron chi connectivity index (χ2n) is 4.05. The summed E-state index contributed by atoms with van der Waals surface area (Å²) in [5, 5.41) is 8.75. The number of hydrogen-bond acceptors (Lipinski definition) is 3. The molecule has 0 saturated heterocycles. The van der Waals surface area contributed by atoms with Crippen LogP contribution in [0.3, 0.4) is 0 Å². The van der Waals surface area contributed by atoms with Gasteiger partial charge in [-0.05, 0) is 6.07 Å². The number of alkyl halides is 3. The van der Waals surface area contributed by atoms with E-state index in [-0.39, 0.29) is 24.5 Å². The summed E-state index contributed by atoms with van der Waals surface area (Å²) in [6.45, 7) is 0.299. The highest BCUT2D eigenvalue weighted by molar-refractivity contribution is 5.72. The molecule has 2 rings (SSSR count). The minimum atomic E-state index is -4.57. The Kier molecular flexibility index (Phi) is 3.55. The van der Waals surface area contributed by atoms with E-state index in [1.807, 2.05) is 0 Å². The molecule has 1 aliphatic rings. The molecule has 1 aliphatic heterocycles. The number of rotatable bonds is 2. The molecule has 1 aromatic carbocycles. The van der Waals surface area contributed by atoms with E-state index in [1.54, 1.807) is 0 Å². The van der Waals surface area contributed by atoms with E-state index >= 15 is 0 Å². The van der Waals surface area contributed by atoms with Gasteiger partial charge in [0.2, 0.25) is 0 Å². The maximum Gasteiger partial charge on any atom is 0.420 e. The van der Waals surface area contributed by atoms with Crippen LogP contribution in [-0.2, 0) is 17.4 Å². The third-order valence-corrected chi connectivity index (χ3v) is 2.62. The van der Waals surface area contributed by atoms with Crippen molar-refractivity contribution in [3.05, 3.63) is 23.3 Å². The fourth-order valence-electron chi connectivity index (χ4n) is 1.84. The molecule has 1 aromatic rings. The number of carboxylic acids is 1. The predicted octanol–water partition coefficient (Wildman–Crippen LogP) is 2.49. The van der Waals surface area contributed by atoms with Gasteiger partial charge in [0.15, 0.2) is 11.5 Å². The molecular formula is C12H11F3O4. The molecule has 7 heteroatoms. The number of carbonyl (C=O) groups is 1. The summed E-state index contributed by atoms with van der Waals surface area (Å²) in [5.74, 6) is -1.67. The van der Waals surface area contributed by atoms with Crippen LogP contribution in [0.25, 0.3) is 0 Å². The molecule has 4 nitrogen and oxygen atoms in total. The molecule has 19 heavy (non-hydrogen) atoms. The Morgan fingerprint density at radius 3 is 2.42 bits per heavy atom. The van der Waals surface area contributed by atoms with Crippen molar-refractivity contribution in [3.63, 3.8) is 0 Å². The predicted molar refractivity (Wildman–Crippen MR) is 58.4 cm³/mol. The van der Waals surface area contributed by atoms with Gasteiger partial charge in [0.05, 0.1) is 19.6 Å². The van der Waals surface area contributed by atoms with Gasteiger partial charge in [-0.25, -0.2) is 0 Å². The number of hydrogen-bond donors (Lipinski definition) is 1. The lowest BCUT2D eigenvalue weighted by molar-refractivity contribution is -0.139. The summed E-state index contributed by atoms with van der Waals surface area (Å²) in [6, 6.07) is 1.94. The van der Waals surface area contributed by atoms with Crippen LogP contribution in [0.1, 0.15) is 17.5 Å². The largest absolute Gasteiger partial charge is 0.489 e. The number of halogens is 3. The lowest BCUT2D eigenvalue weighted by Crippen LogP contribution is -2.11. The zero-order valence-electron chi connectivity index (χ0n) is 9.79. The molecule has 104 valence electrons. The zero-order valence-corrected chi connectivity index (χ0v) is 9.79. The van der Waals surface area contributed by atoms with E-state index < -0.39 is 29.9 Å². The third kappa shape index (κ3) is 2.91. The Morgan fingerprint density at radius 1 is 1.21 bits per heavy atom. The van der Waals surface area contributed by atoms with Crippen LogP contribution >= 0.6 is 0 Å². The minimum Gasteiger partial charge on any atom is -0.489 e. The zero-order chi connectivity index (χ0) is 14.0. The average Bonchev–Trinajstić information content (AvgIpc) is 2.52. The van der Waals surface area contributed by atoms with Crippen LogP contribution in [0.5, 0.6) is 11.5 Å². The molecule has 0 fully saturated rings. The Bertz CT molecular complexity index is 496. The minimum absolute atomic E-state index is 0.104. The van der Waals surface area contributed by atoms with E-state index in [9.17, 15) is 18.0 Å². The number of ether oxygens (including phenoxy) is 2. The van der Waals surface area contributed by atoms with Crippen molar-refractivity contribution >= 4 is 5.97 Å². The van der Waals surface area contributed by atoms with Crippen LogP contribution in [-0.4, -0.2) is 24.3 Å². The lowest BCUT2D eigenvalue weighted by atomic mass is 10.1. The lowest BCUT2D eigenvalue weighted by Gasteiger charge is -2.17. The van der Waals surface area contributed by atoms with Crippen LogP contribution in [0.2, 0.25) is 0 Å². The van der Waals surface area contributed by atoms with Crippen LogP contribution in [0.4, 0.5) is 13.2 Å². The summed E-state index contributed by atoms with van der Waals surface area (Å²) >= 11 is 0. The first-order valence-electron chi connectivity index (χ1n) is 5.60. The van der Waals surface area contributed by atoms with Crippen molar-refractivity contribution in [2.24, 2.45) is 0 Å². The Morgan fingerprint density at radius 2 is 1.84 bits per heavy atom. The van der Waals surface area contributed by atoms with Crippen molar-refractivity contribution in [2.45, 2.75) is 19.0 Å². The molecule has 0 atom stereocenters. The highest BCUT2D eigenvalue weighted by atomic mass is 19.4. The quantitative estimate of drug-likeness (QED) is 0.901. The summed E-state index contributed by atoms with van der Waals surface area (Å²) in [4.78, 5) is 10.7. The summed E-state index contributed by atoms with van der Waals surface area (Å²) < 4.78 is 48.9. The Labute approximate surface area is 106 Å². The van der Waals surface area contributed by atoms with Crippen molar-refractivity contribution in [2.75, 3.05) is 13.2 Å².